The van der Waals surface area contributed by atoms with Gasteiger partial charge in [-0.2, -0.15) is 5.26 Å². The molecule has 0 spiro atoms. The van der Waals surface area contributed by atoms with E-state index in [-0.39, 0.29) is 5.57 Å². The summed E-state index contributed by atoms with van der Waals surface area (Å²) < 4.78 is 16.9. The second-order valence-corrected chi connectivity index (χ2v) is 8.71. The summed E-state index contributed by atoms with van der Waals surface area (Å²) in [5.74, 6) is 1.26. The third-order valence-electron chi connectivity index (χ3n) is 4.89. The number of anilines is 1. The smallest absolute Gasteiger partial charge is 0.268 e. The molecule has 8 nitrogen and oxygen atoms in total. The predicted molar refractivity (Wildman–Crippen MR) is 136 cm³/mol. The van der Waals surface area contributed by atoms with Crippen molar-refractivity contribution in [3.05, 3.63) is 64.2 Å². The molecule has 0 atom stereocenters. The number of carbonyl (C=O) groups is 1. The van der Waals surface area contributed by atoms with Gasteiger partial charge in [-0.05, 0) is 54.8 Å². The maximum absolute atomic E-state index is 12.6. The molecular formula is C26H28N4O4S. The van der Waals surface area contributed by atoms with Gasteiger partial charge in [0, 0.05) is 6.42 Å². The Morgan fingerprint density at radius 1 is 1.14 bits per heavy atom. The molecule has 1 N–H and O–H groups in total. The molecule has 9 heteroatoms. The lowest BCUT2D eigenvalue weighted by atomic mass is 10.1. The molecule has 1 aromatic heterocycles. The number of hydrogen-bond donors (Lipinski definition) is 1. The van der Waals surface area contributed by atoms with Gasteiger partial charge < -0.3 is 14.2 Å². The van der Waals surface area contributed by atoms with Gasteiger partial charge >= 0.3 is 0 Å². The number of unbranched alkanes of at least 4 members (excludes halogenated alkanes) is 1. The molecule has 0 saturated heterocycles. The maximum Gasteiger partial charge on any atom is 0.268 e. The van der Waals surface area contributed by atoms with Gasteiger partial charge in [0.1, 0.15) is 35.6 Å². The van der Waals surface area contributed by atoms with E-state index in [4.69, 9.17) is 14.2 Å². The van der Waals surface area contributed by atoms with Crippen molar-refractivity contribution < 1.29 is 19.0 Å². The first-order valence-corrected chi connectivity index (χ1v) is 12.1. The van der Waals surface area contributed by atoms with Crippen LogP contribution in [-0.4, -0.2) is 36.4 Å². The molecule has 35 heavy (non-hydrogen) atoms. The third kappa shape index (κ3) is 7.83. The minimum Gasteiger partial charge on any atom is -0.493 e. The summed E-state index contributed by atoms with van der Waals surface area (Å²) in [7, 11) is 1.53. The molecule has 0 bridgehead atoms. The van der Waals surface area contributed by atoms with Gasteiger partial charge in [0.05, 0.1) is 7.11 Å². The zero-order valence-corrected chi connectivity index (χ0v) is 20.9. The quantitative estimate of drug-likeness (QED) is 0.210. The Morgan fingerprint density at radius 2 is 1.97 bits per heavy atom. The van der Waals surface area contributed by atoms with E-state index in [9.17, 15) is 10.1 Å². The second kappa shape index (κ2) is 13.1. The number of benzene rings is 2. The number of amides is 1. The molecule has 182 valence electrons. The van der Waals surface area contributed by atoms with E-state index < -0.39 is 5.91 Å². The fraction of sp³-hybridized carbons (Fsp3) is 0.308. The van der Waals surface area contributed by atoms with Crippen LogP contribution in [0.2, 0.25) is 0 Å². The minimum absolute atomic E-state index is 0.0578. The summed E-state index contributed by atoms with van der Waals surface area (Å²) >= 11 is 1.31. The number of hydrogen-bond acceptors (Lipinski definition) is 8. The SMILES string of the molecule is CCCCc1nnc(NC(=O)C(C#N)=Cc2ccc(OCCOc3cccc(C)c3)c(OC)c2)s1. The Labute approximate surface area is 209 Å². The zero-order valence-electron chi connectivity index (χ0n) is 20.0. The van der Waals surface area contributed by atoms with Gasteiger partial charge in [0.25, 0.3) is 5.91 Å². The number of carbonyl (C=O) groups excluding carboxylic acids is 1. The van der Waals surface area contributed by atoms with Crippen LogP contribution in [0.15, 0.2) is 48.0 Å². The van der Waals surface area contributed by atoms with Crippen LogP contribution < -0.4 is 19.5 Å². The van der Waals surface area contributed by atoms with Crippen molar-refractivity contribution >= 4 is 28.5 Å². The largest absolute Gasteiger partial charge is 0.493 e. The molecular weight excluding hydrogens is 464 g/mol. The van der Waals surface area contributed by atoms with Crippen molar-refractivity contribution in [1.82, 2.24) is 10.2 Å². The first kappa shape index (κ1) is 25.7. The molecule has 0 unspecified atom stereocenters. The van der Waals surface area contributed by atoms with Gasteiger partial charge in [0.15, 0.2) is 11.5 Å². The van der Waals surface area contributed by atoms with Crippen LogP contribution in [-0.2, 0) is 11.2 Å². The predicted octanol–water partition coefficient (Wildman–Crippen LogP) is 5.20. The highest BCUT2D eigenvalue weighted by Gasteiger charge is 2.14. The van der Waals surface area contributed by atoms with Gasteiger partial charge in [-0.1, -0.05) is 42.9 Å². The summed E-state index contributed by atoms with van der Waals surface area (Å²) in [6.07, 6.45) is 4.36. The third-order valence-corrected chi connectivity index (χ3v) is 5.79. The number of aromatic nitrogens is 2. The lowest BCUT2D eigenvalue weighted by Gasteiger charge is -2.12. The van der Waals surface area contributed by atoms with Gasteiger partial charge in [-0.25, -0.2) is 0 Å². The van der Waals surface area contributed by atoms with Gasteiger partial charge in [-0.15, -0.1) is 10.2 Å². The molecule has 1 amide bonds. The topological polar surface area (TPSA) is 106 Å². The van der Waals surface area contributed by atoms with Gasteiger partial charge in [0.2, 0.25) is 5.13 Å². The van der Waals surface area contributed by atoms with Crippen LogP contribution in [0.1, 0.15) is 35.9 Å². The van der Waals surface area contributed by atoms with Crippen molar-refractivity contribution in [2.24, 2.45) is 0 Å². The number of nitrogens with zero attached hydrogens (tertiary/aromatic N) is 3. The monoisotopic (exact) mass is 492 g/mol. The molecule has 3 rings (SSSR count). The fourth-order valence-corrected chi connectivity index (χ4v) is 3.90. The Bertz CT molecular complexity index is 1220. The number of methoxy groups -OCH3 is 1. The molecule has 3 aromatic rings. The average molecular weight is 493 g/mol. The fourth-order valence-electron chi connectivity index (χ4n) is 3.12. The van der Waals surface area contributed by atoms with Crippen LogP contribution in [0, 0.1) is 18.3 Å². The normalized spacial score (nSPS) is 11.0. The molecule has 0 saturated carbocycles. The number of ether oxygens (including phenoxy) is 3. The van der Waals surface area contributed by atoms with E-state index in [1.165, 1.54) is 24.5 Å². The Kier molecular flexibility index (Phi) is 9.63. The van der Waals surface area contributed by atoms with Crippen LogP contribution in [0.25, 0.3) is 6.08 Å². The Morgan fingerprint density at radius 3 is 2.71 bits per heavy atom. The number of rotatable bonds is 12. The van der Waals surface area contributed by atoms with E-state index in [2.05, 4.69) is 22.4 Å². The van der Waals surface area contributed by atoms with E-state index >= 15 is 0 Å². The standard InChI is InChI=1S/C26H28N4O4S/c1-4-5-9-24-29-30-26(35-24)28-25(31)20(17-27)15-19-10-11-22(23(16-19)32-3)34-13-12-33-21-8-6-7-18(2)14-21/h6-8,10-11,14-16H,4-5,9,12-13H2,1-3H3,(H,28,30,31). The molecule has 0 aliphatic heterocycles. The number of nitrogens with one attached hydrogen (secondary N) is 1. The van der Waals surface area contributed by atoms with Crippen molar-refractivity contribution in [1.29, 1.82) is 5.26 Å². The Balaban J connectivity index is 1.60. The second-order valence-electron chi connectivity index (χ2n) is 7.65. The number of aryl methyl sites for hydroxylation is 2. The molecule has 0 fully saturated rings. The summed E-state index contributed by atoms with van der Waals surface area (Å²) in [4.78, 5) is 12.6. The summed E-state index contributed by atoms with van der Waals surface area (Å²) in [6.45, 7) is 4.81. The molecule has 2 aromatic carbocycles. The zero-order chi connectivity index (χ0) is 25.0. The molecule has 0 aliphatic carbocycles. The van der Waals surface area contributed by atoms with Crippen molar-refractivity contribution in [3.8, 4) is 23.3 Å². The lowest BCUT2D eigenvalue weighted by molar-refractivity contribution is -0.112. The van der Waals surface area contributed by atoms with Crippen molar-refractivity contribution in [2.75, 3.05) is 25.6 Å². The van der Waals surface area contributed by atoms with E-state index in [1.807, 2.05) is 37.3 Å². The average Bonchev–Trinajstić information content (AvgIpc) is 3.31. The Hall–Kier alpha value is -3.90. The van der Waals surface area contributed by atoms with Crippen LogP contribution >= 0.6 is 11.3 Å². The summed E-state index contributed by atoms with van der Waals surface area (Å²) in [6, 6.07) is 14.9. The lowest BCUT2D eigenvalue weighted by Crippen LogP contribution is -2.13. The first-order chi connectivity index (χ1) is 17.0. The van der Waals surface area contributed by atoms with E-state index in [0.29, 0.717) is 35.4 Å². The minimum atomic E-state index is -0.543. The maximum atomic E-state index is 12.6. The summed E-state index contributed by atoms with van der Waals surface area (Å²) in [5.41, 5.74) is 1.69. The molecule has 0 aliphatic rings. The van der Waals surface area contributed by atoms with Crippen LogP contribution in [0.5, 0.6) is 17.2 Å². The summed E-state index contributed by atoms with van der Waals surface area (Å²) in [5, 5.41) is 21.4. The first-order valence-electron chi connectivity index (χ1n) is 11.3. The molecule has 0 radical (unpaired) electrons. The van der Waals surface area contributed by atoms with E-state index in [1.54, 1.807) is 18.2 Å². The van der Waals surface area contributed by atoms with Gasteiger partial charge in [-0.3, -0.25) is 10.1 Å². The molecule has 1 heterocycles. The van der Waals surface area contributed by atoms with Crippen LogP contribution in [0.3, 0.4) is 0 Å². The highest BCUT2D eigenvalue weighted by molar-refractivity contribution is 7.15. The van der Waals surface area contributed by atoms with Crippen molar-refractivity contribution in [3.63, 3.8) is 0 Å². The number of nitriles is 1. The van der Waals surface area contributed by atoms with E-state index in [0.717, 1.165) is 35.6 Å². The van der Waals surface area contributed by atoms with Crippen molar-refractivity contribution in [2.45, 2.75) is 33.1 Å². The highest BCUT2D eigenvalue weighted by atomic mass is 32.1. The highest BCUT2D eigenvalue weighted by Crippen LogP contribution is 2.29. The van der Waals surface area contributed by atoms with Crippen LogP contribution in [0.4, 0.5) is 5.13 Å².